The van der Waals surface area contributed by atoms with Gasteiger partial charge in [-0.2, -0.15) is 29.8 Å². The Hall–Kier alpha value is -5.94. The van der Waals surface area contributed by atoms with Crippen LogP contribution in [0.2, 0.25) is 0 Å². The Bertz CT molecular complexity index is 1890. The largest absolute Gasteiger partial charge is 0.382 e. The Morgan fingerprint density at radius 2 is 1.12 bits per heavy atom. The summed E-state index contributed by atoms with van der Waals surface area (Å²) in [5.41, 5.74) is 15.9. The third-order valence-electron chi connectivity index (χ3n) is 7.60. The first-order chi connectivity index (χ1) is 23.0. The first-order valence-corrected chi connectivity index (χ1v) is 15.5. The second-order valence-corrected chi connectivity index (χ2v) is 11.1. The molecule has 5 aromatic heterocycles. The number of aromatic nitrogens is 10. The Kier molecular flexibility index (Phi) is 9.91. The molecule has 250 valence electrons. The average Bonchev–Trinajstić information content (AvgIpc) is 3.80. The molecule has 0 bridgehead atoms. The van der Waals surface area contributed by atoms with E-state index in [2.05, 4.69) is 54.5 Å². The number of nitrogen functional groups attached to an aromatic ring is 2. The van der Waals surface area contributed by atoms with Gasteiger partial charge in [-0.1, -0.05) is 26.7 Å². The lowest BCUT2D eigenvalue weighted by molar-refractivity contribution is 0.101. The van der Waals surface area contributed by atoms with Crippen molar-refractivity contribution in [1.82, 2.24) is 49.1 Å². The van der Waals surface area contributed by atoms with Crippen molar-refractivity contribution in [2.75, 3.05) is 11.5 Å². The molecule has 0 saturated heterocycles. The Morgan fingerprint density at radius 1 is 0.708 bits per heavy atom. The van der Waals surface area contributed by atoms with Crippen LogP contribution in [0.1, 0.15) is 85.5 Å². The number of anilines is 2. The van der Waals surface area contributed by atoms with Gasteiger partial charge in [0.05, 0.1) is 34.9 Å². The number of carbonyl (C=O) groups is 2. The molecular formula is C30H38N16O2. The van der Waals surface area contributed by atoms with Crippen LogP contribution in [-0.4, -0.2) is 60.7 Å². The van der Waals surface area contributed by atoms with Crippen molar-refractivity contribution in [3.63, 3.8) is 0 Å². The lowest BCUT2D eigenvalue weighted by Crippen LogP contribution is -2.09. The molecule has 0 unspecified atom stereocenters. The number of rotatable bonds is 14. The third-order valence-corrected chi connectivity index (χ3v) is 7.60. The fourth-order valence-corrected chi connectivity index (χ4v) is 4.89. The number of carbonyl (C=O) groups excluding carboxylic acids is 2. The van der Waals surface area contributed by atoms with Crippen molar-refractivity contribution in [2.45, 2.75) is 66.2 Å². The van der Waals surface area contributed by atoms with Gasteiger partial charge in [0.1, 0.15) is 6.33 Å². The van der Waals surface area contributed by atoms with Crippen molar-refractivity contribution in [3.8, 4) is 11.6 Å². The predicted octanol–water partition coefficient (Wildman–Crippen LogP) is 5.40. The van der Waals surface area contributed by atoms with Crippen LogP contribution in [-0.2, 0) is 26.9 Å². The Morgan fingerprint density at radius 3 is 1.50 bits per heavy atom. The SMILES string of the molecule is CCCCc1nn(-c2cc(-n3nc(CCCC)c(/N=N/c4c(C(C)=O)cnn4C)c3N)ncn2)c(N)c1/N=N/c1c(C(C)=O)cnn1C. The van der Waals surface area contributed by atoms with Gasteiger partial charge in [-0.3, -0.25) is 9.59 Å². The zero-order valence-electron chi connectivity index (χ0n) is 27.8. The molecule has 4 N–H and O–H groups in total. The fourth-order valence-electron chi connectivity index (χ4n) is 4.89. The summed E-state index contributed by atoms with van der Waals surface area (Å²) in [6, 6.07) is 1.64. The minimum absolute atomic E-state index is 0.182. The average molecular weight is 655 g/mol. The molecule has 5 heterocycles. The monoisotopic (exact) mass is 654 g/mol. The van der Waals surface area contributed by atoms with Gasteiger partial charge in [-0.25, -0.2) is 19.3 Å². The van der Waals surface area contributed by atoms with E-state index >= 15 is 0 Å². The van der Waals surface area contributed by atoms with Crippen molar-refractivity contribution in [3.05, 3.63) is 47.3 Å². The first-order valence-electron chi connectivity index (χ1n) is 15.5. The number of nitrogens with two attached hydrogens (primary N) is 2. The number of aryl methyl sites for hydroxylation is 4. The summed E-state index contributed by atoms with van der Waals surface area (Å²) in [5, 5.41) is 35.2. The molecule has 0 atom stereocenters. The van der Waals surface area contributed by atoms with Crippen LogP contribution in [0.25, 0.3) is 11.6 Å². The minimum atomic E-state index is -0.182. The fraction of sp³-hybridized carbons (Fsp3) is 0.400. The third kappa shape index (κ3) is 6.62. The summed E-state index contributed by atoms with van der Waals surface area (Å²) in [4.78, 5) is 33.0. The molecular weight excluding hydrogens is 616 g/mol. The van der Waals surface area contributed by atoms with E-state index in [4.69, 9.17) is 21.7 Å². The van der Waals surface area contributed by atoms with Crippen molar-refractivity contribution in [1.29, 1.82) is 0 Å². The van der Waals surface area contributed by atoms with E-state index in [1.54, 1.807) is 20.2 Å². The zero-order chi connectivity index (χ0) is 34.5. The summed E-state index contributed by atoms with van der Waals surface area (Å²) in [6.07, 6.45) is 8.97. The van der Waals surface area contributed by atoms with E-state index in [1.165, 1.54) is 51.3 Å². The molecule has 0 aliphatic heterocycles. The summed E-state index contributed by atoms with van der Waals surface area (Å²) < 4.78 is 5.87. The molecule has 5 rings (SSSR count). The maximum atomic E-state index is 12.1. The molecule has 0 aliphatic carbocycles. The summed E-state index contributed by atoms with van der Waals surface area (Å²) in [5.74, 6) is 1.34. The molecule has 48 heavy (non-hydrogen) atoms. The topological polar surface area (TPSA) is 233 Å². The number of unbranched alkanes of at least 4 members (excludes halogenated alkanes) is 2. The second-order valence-electron chi connectivity index (χ2n) is 11.1. The highest BCUT2D eigenvalue weighted by atomic mass is 16.1. The number of ketones is 2. The molecule has 0 radical (unpaired) electrons. The molecule has 0 aliphatic rings. The van der Waals surface area contributed by atoms with Gasteiger partial charge in [0.15, 0.2) is 57.8 Å². The van der Waals surface area contributed by atoms with Gasteiger partial charge in [-0.15, -0.1) is 20.5 Å². The lowest BCUT2D eigenvalue weighted by atomic mass is 10.2. The van der Waals surface area contributed by atoms with Gasteiger partial charge in [0.25, 0.3) is 0 Å². The molecule has 0 fully saturated rings. The second kappa shape index (κ2) is 14.2. The zero-order valence-corrected chi connectivity index (χ0v) is 27.8. The minimum Gasteiger partial charge on any atom is -0.382 e. The molecule has 18 heteroatoms. The van der Waals surface area contributed by atoms with Crippen LogP contribution >= 0.6 is 0 Å². The Balaban J connectivity index is 1.55. The van der Waals surface area contributed by atoms with E-state index in [9.17, 15) is 9.59 Å². The standard InChI is InChI=1S/C30H38N16O2/c1-7-9-11-21-25(37-39-29-19(17(3)47)14-35-43(29)5)27(31)45(41-21)23-13-24(34-16-33-23)46-28(32)26(22(42-46)12-10-8-2)38-40-30-20(18(4)48)15-36-44(30)6/h13-16H,7-12,31-32H2,1-6H3/b39-37+,40-38+. The Labute approximate surface area is 276 Å². The van der Waals surface area contributed by atoms with Crippen molar-refractivity contribution in [2.24, 2.45) is 34.6 Å². The number of hydrogen-bond donors (Lipinski definition) is 2. The number of azo groups is 2. The number of Topliss-reactive ketones (excluding diaryl/α,β-unsaturated/α-hetero) is 2. The van der Waals surface area contributed by atoms with Gasteiger partial charge in [0.2, 0.25) is 0 Å². The first kappa shape index (κ1) is 33.4. The molecule has 0 aromatic carbocycles. The molecule has 0 spiro atoms. The van der Waals surface area contributed by atoms with Crippen LogP contribution in [0.3, 0.4) is 0 Å². The lowest BCUT2D eigenvalue weighted by Gasteiger charge is -2.06. The van der Waals surface area contributed by atoms with Crippen LogP contribution in [0.4, 0.5) is 34.6 Å². The molecule has 18 nitrogen and oxygen atoms in total. The molecule has 5 aromatic rings. The van der Waals surface area contributed by atoms with Crippen LogP contribution in [0, 0.1) is 0 Å². The summed E-state index contributed by atoms with van der Waals surface area (Å²) in [7, 11) is 3.36. The highest BCUT2D eigenvalue weighted by Gasteiger charge is 2.22. The molecule has 0 saturated carbocycles. The number of hydrogen-bond acceptors (Lipinski definition) is 14. The number of nitrogens with zero attached hydrogens (tertiary/aromatic N) is 14. The van der Waals surface area contributed by atoms with E-state index in [-0.39, 0.29) is 23.2 Å². The maximum absolute atomic E-state index is 12.1. The highest BCUT2D eigenvalue weighted by molar-refractivity contribution is 5.98. The summed E-state index contributed by atoms with van der Waals surface area (Å²) in [6.45, 7) is 7.03. The van der Waals surface area contributed by atoms with Gasteiger partial charge < -0.3 is 11.5 Å². The summed E-state index contributed by atoms with van der Waals surface area (Å²) >= 11 is 0. The quantitative estimate of drug-likeness (QED) is 0.114. The van der Waals surface area contributed by atoms with E-state index < -0.39 is 0 Å². The van der Waals surface area contributed by atoms with Gasteiger partial charge in [-0.05, 0) is 39.5 Å². The van der Waals surface area contributed by atoms with Gasteiger partial charge in [0, 0.05) is 20.2 Å². The molecule has 0 amide bonds. The normalized spacial score (nSPS) is 11.8. The predicted molar refractivity (Wildman–Crippen MR) is 177 cm³/mol. The van der Waals surface area contributed by atoms with E-state index in [0.29, 0.717) is 70.0 Å². The maximum Gasteiger partial charge on any atom is 0.183 e. The van der Waals surface area contributed by atoms with Crippen LogP contribution in [0.5, 0.6) is 0 Å². The smallest absolute Gasteiger partial charge is 0.183 e. The van der Waals surface area contributed by atoms with E-state index in [0.717, 1.165) is 25.7 Å². The van der Waals surface area contributed by atoms with Crippen molar-refractivity contribution >= 4 is 46.2 Å². The van der Waals surface area contributed by atoms with Crippen LogP contribution < -0.4 is 11.5 Å². The highest BCUT2D eigenvalue weighted by Crippen LogP contribution is 2.35. The van der Waals surface area contributed by atoms with Gasteiger partial charge >= 0.3 is 0 Å². The van der Waals surface area contributed by atoms with Crippen LogP contribution in [0.15, 0.2) is 45.2 Å². The van der Waals surface area contributed by atoms with Crippen molar-refractivity contribution < 1.29 is 9.59 Å². The van der Waals surface area contributed by atoms with E-state index in [1.807, 2.05) is 0 Å².